The second kappa shape index (κ2) is 5.82. The van der Waals surface area contributed by atoms with Crippen molar-refractivity contribution in [1.29, 1.82) is 5.26 Å². The standard InChI is InChI=1S/C10H15N5OS/c11-7-8-9(12)14-17-10(8)13-1-2-15-3-5-16-6-4-15/h13H,1-6H2,(H2,12,14). The molecule has 0 aliphatic carbocycles. The molecule has 2 rings (SSSR count). The zero-order chi connectivity index (χ0) is 12.1. The van der Waals surface area contributed by atoms with Crippen LogP contribution in [-0.4, -0.2) is 48.7 Å². The molecular weight excluding hydrogens is 238 g/mol. The highest BCUT2D eigenvalue weighted by Crippen LogP contribution is 2.25. The van der Waals surface area contributed by atoms with E-state index in [0.717, 1.165) is 44.4 Å². The summed E-state index contributed by atoms with van der Waals surface area (Å²) >= 11 is 1.24. The molecule has 0 aromatic carbocycles. The first-order chi connectivity index (χ1) is 8.31. The van der Waals surface area contributed by atoms with Gasteiger partial charge in [0, 0.05) is 26.2 Å². The van der Waals surface area contributed by atoms with E-state index in [-0.39, 0.29) is 0 Å². The minimum absolute atomic E-state index is 0.311. The van der Waals surface area contributed by atoms with E-state index >= 15 is 0 Å². The Kier molecular flexibility index (Phi) is 4.14. The molecule has 0 spiro atoms. The molecule has 1 aromatic rings. The third-order valence-electron chi connectivity index (χ3n) is 2.65. The van der Waals surface area contributed by atoms with Crippen molar-refractivity contribution in [2.24, 2.45) is 0 Å². The van der Waals surface area contributed by atoms with E-state index in [1.165, 1.54) is 11.5 Å². The molecule has 1 aliphatic heterocycles. The van der Waals surface area contributed by atoms with Crippen molar-refractivity contribution in [3.05, 3.63) is 5.56 Å². The Morgan fingerprint density at radius 2 is 2.29 bits per heavy atom. The van der Waals surface area contributed by atoms with E-state index in [2.05, 4.69) is 20.7 Å². The summed E-state index contributed by atoms with van der Waals surface area (Å²) in [7, 11) is 0. The number of hydrogen-bond donors (Lipinski definition) is 2. The third kappa shape index (κ3) is 3.06. The number of aromatic nitrogens is 1. The summed E-state index contributed by atoms with van der Waals surface area (Å²) in [6, 6.07) is 2.06. The maximum absolute atomic E-state index is 8.91. The highest BCUT2D eigenvalue weighted by atomic mass is 32.1. The van der Waals surface area contributed by atoms with Crippen molar-refractivity contribution >= 4 is 22.4 Å². The van der Waals surface area contributed by atoms with Crippen LogP contribution in [0.2, 0.25) is 0 Å². The number of nitrogen functional groups attached to an aromatic ring is 1. The number of nitrogens with zero attached hydrogens (tertiary/aromatic N) is 3. The van der Waals surface area contributed by atoms with Gasteiger partial charge in [0.2, 0.25) is 0 Å². The Morgan fingerprint density at radius 3 is 3.00 bits per heavy atom. The van der Waals surface area contributed by atoms with Crippen LogP contribution in [0.25, 0.3) is 0 Å². The van der Waals surface area contributed by atoms with Gasteiger partial charge in [-0.25, -0.2) is 0 Å². The first kappa shape index (κ1) is 12.1. The maximum Gasteiger partial charge on any atom is 0.157 e. The van der Waals surface area contributed by atoms with Crippen LogP contribution in [0, 0.1) is 11.3 Å². The lowest BCUT2D eigenvalue weighted by Gasteiger charge is -2.26. The number of anilines is 2. The van der Waals surface area contributed by atoms with Crippen molar-refractivity contribution in [2.45, 2.75) is 0 Å². The minimum atomic E-state index is 0.311. The van der Waals surface area contributed by atoms with Gasteiger partial charge in [0.1, 0.15) is 16.6 Å². The number of rotatable bonds is 4. The Bertz CT molecular complexity index is 407. The second-order valence-electron chi connectivity index (χ2n) is 3.76. The molecular formula is C10H15N5OS. The van der Waals surface area contributed by atoms with Crippen LogP contribution >= 0.6 is 11.5 Å². The molecule has 3 N–H and O–H groups in total. The first-order valence-electron chi connectivity index (χ1n) is 5.50. The number of nitrogens with one attached hydrogen (secondary N) is 1. The predicted octanol–water partition coefficient (Wildman–Crippen LogP) is 0.341. The van der Waals surface area contributed by atoms with E-state index in [1.807, 2.05) is 0 Å². The van der Waals surface area contributed by atoms with E-state index in [0.29, 0.717) is 11.4 Å². The fourth-order valence-corrected chi connectivity index (χ4v) is 2.37. The second-order valence-corrected chi connectivity index (χ2v) is 4.54. The molecule has 1 aromatic heterocycles. The van der Waals surface area contributed by atoms with Crippen molar-refractivity contribution in [2.75, 3.05) is 50.4 Å². The summed E-state index contributed by atoms with van der Waals surface area (Å²) in [5.41, 5.74) is 6.03. The molecule has 0 atom stereocenters. The molecule has 6 nitrogen and oxygen atoms in total. The van der Waals surface area contributed by atoms with E-state index in [4.69, 9.17) is 15.7 Å². The SMILES string of the molecule is N#Cc1c(N)nsc1NCCN1CCOCC1. The molecule has 7 heteroatoms. The number of morpholine rings is 1. The third-order valence-corrected chi connectivity index (χ3v) is 3.47. The maximum atomic E-state index is 8.91. The van der Waals surface area contributed by atoms with E-state index in [9.17, 15) is 0 Å². The van der Waals surface area contributed by atoms with Crippen LogP contribution < -0.4 is 11.1 Å². The van der Waals surface area contributed by atoms with Crippen LogP contribution in [-0.2, 0) is 4.74 Å². The molecule has 0 bridgehead atoms. The van der Waals surface area contributed by atoms with Gasteiger partial charge in [-0.15, -0.1) is 0 Å². The van der Waals surface area contributed by atoms with Crippen molar-refractivity contribution in [1.82, 2.24) is 9.27 Å². The topological polar surface area (TPSA) is 87.2 Å². The summed E-state index contributed by atoms with van der Waals surface area (Å²) in [6.07, 6.45) is 0. The number of nitriles is 1. The van der Waals surface area contributed by atoms with Gasteiger partial charge in [0.25, 0.3) is 0 Å². The van der Waals surface area contributed by atoms with Crippen molar-refractivity contribution in [3.63, 3.8) is 0 Å². The molecule has 0 amide bonds. The quantitative estimate of drug-likeness (QED) is 0.804. The van der Waals surface area contributed by atoms with Gasteiger partial charge in [-0.2, -0.15) is 9.64 Å². The van der Waals surface area contributed by atoms with Gasteiger partial charge >= 0.3 is 0 Å². The molecule has 1 saturated heterocycles. The summed E-state index contributed by atoms with van der Waals surface area (Å²) in [4.78, 5) is 2.33. The van der Waals surface area contributed by atoms with Crippen LogP contribution in [0.5, 0.6) is 0 Å². The lowest BCUT2D eigenvalue weighted by Crippen LogP contribution is -2.38. The number of ether oxygens (including phenoxy) is 1. The molecule has 17 heavy (non-hydrogen) atoms. The van der Waals surface area contributed by atoms with Crippen LogP contribution in [0.15, 0.2) is 0 Å². The van der Waals surface area contributed by atoms with Crippen LogP contribution in [0.1, 0.15) is 5.56 Å². The zero-order valence-electron chi connectivity index (χ0n) is 9.48. The normalized spacial score (nSPS) is 16.6. The molecule has 1 fully saturated rings. The smallest absolute Gasteiger partial charge is 0.157 e. The molecule has 1 aliphatic rings. The summed E-state index contributed by atoms with van der Waals surface area (Å²) in [5.74, 6) is 0.311. The summed E-state index contributed by atoms with van der Waals surface area (Å²) < 4.78 is 9.23. The fraction of sp³-hybridized carbons (Fsp3) is 0.600. The highest BCUT2D eigenvalue weighted by Gasteiger charge is 2.12. The minimum Gasteiger partial charge on any atom is -0.382 e. The number of nitrogens with two attached hydrogens (primary N) is 1. The lowest BCUT2D eigenvalue weighted by atomic mass is 10.3. The first-order valence-corrected chi connectivity index (χ1v) is 6.28. The molecule has 0 radical (unpaired) electrons. The van der Waals surface area contributed by atoms with Crippen molar-refractivity contribution in [3.8, 4) is 6.07 Å². The Morgan fingerprint density at radius 1 is 1.53 bits per heavy atom. The predicted molar refractivity (Wildman–Crippen MR) is 67.0 cm³/mol. The van der Waals surface area contributed by atoms with Crippen LogP contribution in [0.4, 0.5) is 10.8 Å². The van der Waals surface area contributed by atoms with Gasteiger partial charge in [-0.1, -0.05) is 0 Å². The summed E-state index contributed by atoms with van der Waals surface area (Å²) in [5, 5.41) is 12.9. The molecule has 0 unspecified atom stereocenters. The van der Waals surface area contributed by atoms with Gasteiger partial charge < -0.3 is 15.8 Å². The molecule has 92 valence electrons. The lowest BCUT2D eigenvalue weighted by molar-refractivity contribution is 0.0398. The average Bonchev–Trinajstić information content (AvgIpc) is 2.71. The monoisotopic (exact) mass is 253 g/mol. The Hall–Kier alpha value is -1.36. The van der Waals surface area contributed by atoms with Crippen molar-refractivity contribution < 1.29 is 4.74 Å². The number of hydrogen-bond acceptors (Lipinski definition) is 7. The van der Waals surface area contributed by atoms with Gasteiger partial charge in [-0.05, 0) is 11.5 Å². The Balaban J connectivity index is 1.79. The van der Waals surface area contributed by atoms with Gasteiger partial charge in [-0.3, -0.25) is 4.90 Å². The van der Waals surface area contributed by atoms with Gasteiger partial charge in [0.05, 0.1) is 13.2 Å². The largest absolute Gasteiger partial charge is 0.382 e. The van der Waals surface area contributed by atoms with Gasteiger partial charge in [0.15, 0.2) is 5.82 Å². The average molecular weight is 253 g/mol. The molecule has 2 heterocycles. The van der Waals surface area contributed by atoms with Crippen LogP contribution in [0.3, 0.4) is 0 Å². The zero-order valence-corrected chi connectivity index (χ0v) is 10.3. The Labute approximate surface area is 104 Å². The molecule has 0 saturated carbocycles. The highest BCUT2D eigenvalue weighted by molar-refractivity contribution is 7.10. The fourth-order valence-electron chi connectivity index (χ4n) is 1.68. The summed E-state index contributed by atoms with van der Waals surface area (Å²) in [6.45, 7) is 5.27. The van der Waals surface area contributed by atoms with E-state index in [1.54, 1.807) is 0 Å². The van der Waals surface area contributed by atoms with E-state index < -0.39 is 0 Å².